The van der Waals surface area contributed by atoms with Crippen LogP contribution < -0.4 is 0 Å². The molecule has 3 aliphatic rings. The van der Waals surface area contributed by atoms with Crippen molar-refractivity contribution in [3.63, 3.8) is 0 Å². The van der Waals surface area contributed by atoms with Crippen molar-refractivity contribution in [2.45, 2.75) is 32.2 Å². The van der Waals surface area contributed by atoms with Crippen LogP contribution in [0.4, 0.5) is 0 Å². The number of carbonyl (C=O) groups excluding carboxylic acids is 1. The van der Waals surface area contributed by atoms with E-state index in [1.165, 1.54) is 18.4 Å². The summed E-state index contributed by atoms with van der Waals surface area (Å²) >= 11 is 0. The van der Waals surface area contributed by atoms with Crippen molar-refractivity contribution in [2.24, 2.45) is 17.3 Å². The molecule has 130 valence electrons. The molecule has 2 heterocycles. The van der Waals surface area contributed by atoms with Crippen LogP contribution in [0.1, 0.15) is 31.2 Å². The highest BCUT2D eigenvalue weighted by atomic mass is 16.3. The van der Waals surface area contributed by atoms with Gasteiger partial charge in [0.15, 0.2) is 0 Å². The first kappa shape index (κ1) is 16.1. The van der Waals surface area contributed by atoms with Gasteiger partial charge in [-0.25, -0.2) is 0 Å². The Morgan fingerprint density at radius 1 is 1.21 bits per heavy atom. The monoisotopic (exact) mass is 328 g/mol. The van der Waals surface area contributed by atoms with Gasteiger partial charge in [-0.1, -0.05) is 36.8 Å². The smallest absolute Gasteiger partial charge is 0.227 e. The van der Waals surface area contributed by atoms with Crippen LogP contribution in [0.15, 0.2) is 30.3 Å². The first-order valence-electron chi connectivity index (χ1n) is 9.36. The van der Waals surface area contributed by atoms with Gasteiger partial charge in [0, 0.05) is 31.6 Å². The Labute approximate surface area is 144 Å². The van der Waals surface area contributed by atoms with Crippen molar-refractivity contribution < 1.29 is 9.90 Å². The molecular weight excluding hydrogens is 300 g/mol. The number of amides is 1. The van der Waals surface area contributed by atoms with Crippen LogP contribution in [0.5, 0.6) is 0 Å². The van der Waals surface area contributed by atoms with Gasteiger partial charge in [-0.05, 0) is 37.3 Å². The average Bonchev–Trinajstić information content (AvgIpc) is 3.29. The third-order valence-electron chi connectivity index (χ3n) is 6.54. The summed E-state index contributed by atoms with van der Waals surface area (Å²) in [5.74, 6) is 0.990. The first-order chi connectivity index (χ1) is 11.7. The number of fused-ring (bicyclic) bond motifs is 1. The largest absolute Gasteiger partial charge is 0.396 e. The van der Waals surface area contributed by atoms with E-state index in [1.807, 2.05) is 6.07 Å². The number of aliphatic hydroxyl groups is 1. The molecule has 1 aromatic carbocycles. The van der Waals surface area contributed by atoms with Gasteiger partial charge in [-0.2, -0.15) is 0 Å². The van der Waals surface area contributed by atoms with Crippen LogP contribution in [0.25, 0.3) is 0 Å². The van der Waals surface area contributed by atoms with E-state index in [9.17, 15) is 9.90 Å². The number of hydrogen-bond donors (Lipinski definition) is 1. The Hall–Kier alpha value is -1.39. The summed E-state index contributed by atoms with van der Waals surface area (Å²) in [7, 11) is 0. The summed E-state index contributed by atoms with van der Waals surface area (Å²) in [6.45, 7) is 4.71. The maximum Gasteiger partial charge on any atom is 0.227 e. The molecule has 3 fully saturated rings. The second-order valence-corrected chi connectivity index (χ2v) is 8.03. The molecule has 1 amide bonds. The van der Waals surface area contributed by atoms with Crippen molar-refractivity contribution in [3.8, 4) is 0 Å². The minimum Gasteiger partial charge on any atom is -0.396 e. The van der Waals surface area contributed by atoms with Crippen LogP contribution in [0.3, 0.4) is 0 Å². The van der Waals surface area contributed by atoms with Crippen LogP contribution >= 0.6 is 0 Å². The van der Waals surface area contributed by atoms with Crippen LogP contribution in [-0.4, -0.2) is 53.6 Å². The molecule has 4 nitrogen and oxygen atoms in total. The molecule has 1 unspecified atom stereocenters. The molecule has 0 spiro atoms. The van der Waals surface area contributed by atoms with Crippen LogP contribution in [-0.2, 0) is 11.3 Å². The highest BCUT2D eigenvalue weighted by Gasteiger charge is 2.51. The van der Waals surface area contributed by atoms with Gasteiger partial charge < -0.3 is 10.0 Å². The fourth-order valence-corrected chi connectivity index (χ4v) is 5.12. The van der Waals surface area contributed by atoms with Crippen LogP contribution in [0.2, 0.25) is 0 Å². The molecular formula is C20H28N2O2. The van der Waals surface area contributed by atoms with Crippen molar-refractivity contribution in [1.82, 2.24) is 9.80 Å². The van der Waals surface area contributed by atoms with E-state index in [2.05, 4.69) is 34.1 Å². The van der Waals surface area contributed by atoms with Crippen molar-refractivity contribution in [1.29, 1.82) is 0 Å². The number of benzene rings is 1. The van der Waals surface area contributed by atoms with E-state index < -0.39 is 0 Å². The second-order valence-electron chi connectivity index (χ2n) is 8.03. The third kappa shape index (κ3) is 2.86. The molecule has 1 aromatic rings. The van der Waals surface area contributed by atoms with Gasteiger partial charge in [-0.3, -0.25) is 9.69 Å². The predicted molar refractivity (Wildman–Crippen MR) is 93.3 cm³/mol. The quantitative estimate of drug-likeness (QED) is 0.921. The lowest BCUT2D eigenvalue weighted by atomic mass is 9.82. The predicted octanol–water partition coefficient (Wildman–Crippen LogP) is 2.13. The minimum atomic E-state index is 0.0119. The molecule has 0 radical (unpaired) electrons. The van der Waals surface area contributed by atoms with Crippen molar-refractivity contribution >= 4 is 5.91 Å². The normalized spacial score (nSPS) is 33.1. The molecule has 4 heteroatoms. The number of rotatable bonds is 4. The number of nitrogens with zero attached hydrogens (tertiary/aromatic N) is 2. The molecule has 24 heavy (non-hydrogen) atoms. The Balaban J connectivity index is 1.35. The standard InChI is InChI=1S/C20H28N2O2/c23-15-20-9-4-7-18(20)13-22(14-20)19(24)17-8-10-21(12-17)11-16-5-2-1-3-6-16/h1-3,5-6,17-18,23H,4,7-15H2/t17?,18-,20+/m0/s1. The molecule has 4 rings (SSSR count). The third-order valence-corrected chi connectivity index (χ3v) is 6.54. The van der Waals surface area contributed by atoms with Gasteiger partial charge in [0.2, 0.25) is 5.91 Å². The SMILES string of the molecule is O=C(C1CCN(Cc2ccccc2)C1)N1C[C@@H]2CCC[C@]2(CO)C1. The van der Waals surface area contributed by atoms with Gasteiger partial charge >= 0.3 is 0 Å². The molecule has 1 aliphatic carbocycles. The fraction of sp³-hybridized carbons (Fsp3) is 0.650. The van der Waals surface area contributed by atoms with E-state index in [0.29, 0.717) is 11.8 Å². The van der Waals surface area contributed by atoms with E-state index in [0.717, 1.165) is 45.6 Å². The average molecular weight is 328 g/mol. The summed E-state index contributed by atoms with van der Waals surface area (Å²) in [6.07, 6.45) is 4.44. The topological polar surface area (TPSA) is 43.8 Å². The highest BCUT2D eigenvalue weighted by Crippen LogP contribution is 2.48. The van der Waals surface area contributed by atoms with Crippen molar-refractivity contribution in [2.75, 3.05) is 32.8 Å². The lowest BCUT2D eigenvalue weighted by Crippen LogP contribution is -2.38. The molecule has 3 atom stereocenters. The number of aliphatic hydroxyl groups excluding tert-OH is 1. The highest BCUT2D eigenvalue weighted by molar-refractivity contribution is 5.80. The molecule has 0 aromatic heterocycles. The zero-order valence-electron chi connectivity index (χ0n) is 14.4. The minimum absolute atomic E-state index is 0.0119. The molecule has 1 saturated carbocycles. The summed E-state index contributed by atoms with van der Waals surface area (Å²) < 4.78 is 0. The molecule has 2 aliphatic heterocycles. The summed E-state index contributed by atoms with van der Waals surface area (Å²) in [5, 5.41) is 9.85. The Bertz CT molecular complexity index is 591. The maximum absolute atomic E-state index is 13.0. The Kier molecular flexibility index (Phi) is 4.35. The summed E-state index contributed by atoms with van der Waals surface area (Å²) in [5.41, 5.74) is 1.33. The van der Waals surface area contributed by atoms with Gasteiger partial charge in [0.05, 0.1) is 12.5 Å². The number of carbonyl (C=O) groups is 1. The second kappa shape index (κ2) is 6.49. The van der Waals surface area contributed by atoms with Crippen LogP contribution in [0, 0.1) is 17.3 Å². The van der Waals surface area contributed by atoms with E-state index in [4.69, 9.17) is 0 Å². The summed E-state index contributed by atoms with van der Waals surface area (Å²) in [6, 6.07) is 10.5. The van der Waals surface area contributed by atoms with E-state index in [1.54, 1.807) is 0 Å². The zero-order chi connectivity index (χ0) is 16.6. The number of likely N-dealkylation sites (tertiary alicyclic amines) is 2. The number of hydrogen-bond acceptors (Lipinski definition) is 3. The van der Waals surface area contributed by atoms with Gasteiger partial charge in [-0.15, -0.1) is 0 Å². The lowest BCUT2D eigenvalue weighted by molar-refractivity contribution is -0.134. The molecule has 1 N–H and O–H groups in total. The zero-order valence-corrected chi connectivity index (χ0v) is 14.4. The molecule has 2 saturated heterocycles. The molecule has 0 bridgehead atoms. The fourth-order valence-electron chi connectivity index (χ4n) is 5.12. The van der Waals surface area contributed by atoms with Crippen molar-refractivity contribution in [3.05, 3.63) is 35.9 Å². The lowest BCUT2D eigenvalue weighted by Gasteiger charge is -2.26. The van der Waals surface area contributed by atoms with Gasteiger partial charge in [0.1, 0.15) is 0 Å². The van der Waals surface area contributed by atoms with E-state index in [-0.39, 0.29) is 17.9 Å². The Morgan fingerprint density at radius 3 is 2.79 bits per heavy atom. The maximum atomic E-state index is 13.0. The first-order valence-corrected chi connectivity index (χ1v) is 9.36. The summed E-state index contributed by atoms with van der Waals surface area (Å²) in [4.78, 5) is 17.4. The van der Waals surface area contributed by atoms with Gasteiger partial charge in [0.25, 0.3) is 0 Å². The Morgan fingerprint density at radius 2 is 2.04 bits per heavy atom. The van der Waals surface area contributed by atoms with E-state index >= 15 is 0 Å².